The topological polar surface area (TPSA) is 31.6 Å². The average molecular weight is 332 g/mol. The van der Waals surface area contributed by atoms with Gasteiger partial charge in [0.05, 0.1) is 0 Å². The molecule has 0 atom stereocenters. The van der Waals surface area contributed by atoms with Crippen LogP contribution in [0, 0.1) is 20.8 Å². The number of furan rings is 1. The van der Waals surface area contributed by atoms with Crippen molar-refractivity contribution < 1.29 is 22.7 Å². The van der Waals surface area contributed by atoms with Gasteiger partial charge >= 0.3 is 6.61 Å². The Morgan fingerprint density at radius 1 is 1.08 bits per heavy atom. The fraction of sp³-hybridized carbons (Fsp3) is 0.263. The molecule has 0 radical (unpaired) electrons. The van der Waals surface area contributed by atoms with Crippen molar-refractivity contribution in [3.63, 3.8) is 0 Å². The summed E-state index contributed by atoms with van der Waals surface area (Å²) in [6, 6.07) is 10.7. The van der Waals surface area contributed by atoms with Crippen molar-refractivity contribution in [2.45, 2.75) is 34.0 Å². The molecule has 0 unspecified atom stereocenters. The van der Waals surface area contributed by atoms with Gasteiger partial charge in [0.1, 0.15) is 29.4 Å². The van der Waals surface area contributed by atoms with Gasteiger partial charge in [-0.1, -0.05) is 12.1 Å². The molecule has 3 nitrogen and oxygen atoms in total. The number of fused-ring (bicyclic) bond motifs is 1. The maximum absolute atomic E-state index is 12.5. The zero-order chi connectivity index (χ0) is 17.3. The lowest BCUT2D eigenvalue weighted by Crippen LogP contribution is -2.03. The van der Waals surface area contributed by atoms with Crippen LogP contribution in [0.1, 0.15) is 22.5 Å². The maximum atomic E-state index is 12.5. The quantitative estimate of drug-likeness (QED) is 0.615. The zero-order valence-corrected chi connectivity index (χ0v) is 13.7. The van der Waals surface area contributed by atoms with Crippen LogP contribution in [-0.4, -0.2) is 6.61 Å². The molecule has 0 aliphatic rings. The van der Waals surface area contributed by atoms with Gasteiger partial charge in [-0.3, -0.25) is 0 Å². The van der Waals surface area contributed by atoms with E-state index in [4.69, 9.17) is 9.15 Å². The van der Waals surface area contributed by atoms with Gasteiger partial charge in [-0.2, -0.15) is 8.78 Å². The number of alkyl halides is 2. The molecule has 126 valence electrons. The molecule has 0 fully saturated rings. The Balaban J connectivity index is 1.93. The molecule has 3 rings (SSSR count). The third-order valence-corrected chi connectivity index (χ3v) is 3.95. The Labute approximate surface area is 138 Å². The van der Waals surface area contributed by atoms with Crippen LogP contribution >= 0.6 is 0 Å². The van der Waals surface area contributed by atoms with Gasteiger partial charge in [-0.25, -0.2) is 0 Å². The molecule has 0 bridgehead atoms. The van der Waals surface area contributed by atoms with Crippen molar-refractivity contribution in [1.82, 2.24) is 0 Å². The van der Waals surface area contributed by atoms with E-state index in [1.54, 1.807) is 12.1 Å². The molecular weight excluding hydrogens is 314 g/mol. The van der Waals surface area contributed by atoms with Crippen LogP contribution in [0.3, 0.4) is 0 Å². The monoisotopic (exact) mass is 332 g/mol. The average Bonchev–Trinajstić information content (AvgIpc) is 2.88. The van der Waals surface area contributed by atoms with Crippen molar-refractivity contribution in [2.75, 3.05) is 0 Å². The highest BCUT2D eigenvalue weighted by atomic mass is 19.3. The highest BCUT2D eigenvalue weighted by Crippen LogP contribution is 2.30. The maximum Gasteiger partial charge on any atom is 0.387 e. The minimum absolute atomic E-state index is 0.0952. The Morgan fingerprint density at radius 3 is 2.62 bits per heavy atom. The van der Waals surface area contributed by atoms with Crippen LogP contribution in [-0.2, 0) is 6.61 Å². The predicted molar refractivity (Wildman–Crippen MR) is 87.8 cm³/mol. The molecule has 24 heavy (non-hydrogen) atoms. The summed E-state index contributed by atoms with van der Waals surface area (Å²) in [5.41, 5.74) is 3.46. The van der Waals surface area contributed by atoms with Gasteiger partial charge in [0.15, 0.2) is 0 Å². The first kappa shape index (κ1) is 16.3. The van der Waals surface area contributed by atoms with Crippen molar-refractivity contribution in [1.29, 1.82) is 0 Å². The summed E-state index contributed by atoms with van der Waals surface area (Å²) >= 11 is 0. The van der Waals surface area contributed by atoms with Crippen LogP contribution in [0.5, 0.6) is 11.5 Å². The highest BCUT2D eigenvalue weighted by Gasteiger charge is 2.13. The second kappa shape index (κ2) is 6.51. The predicted octanol–water partition coefficient (Wildman–Crippen LogP) is 5.54. The standard InChI is InChI=1S/C19H18F2O3/c1-11-5-4-6-17(13(11)3)22-10-15-9-16(24-19(20)21)8-14-7-12(2)23-18(14)15/h4-9,19H,10H2,1-3H3. The van der Waals surface area contributed by atoms with Crippen LogP contribution in [0.15, 0.2) is 40.8 Å². The van der Waals surface area contributed by atoms with E-state index in [1.807, 2.05) is 39.0 Å². The lowest BCUT2D eigenvalue weighted by molar-refractivity contribution is -0.0498. The third kappa shape index (κ3) is 3.35. The van der Waals surface area contributed by atoms with E-state index < -0.39 is 6.61 Å². The zero-order valence-electron chi connectivity index (χ0n) is 13.7. The van der Waals surface area contributed by atoms with Gasteiger partial charge in [0.2, 0.25) is 0 Å². The van der Waals surface area contributed by atoms with Crippen molar-refractivity contribution >= 4 is 11.0 Å². The van der Waals surface area contributed by atoms with E-state index in [-0.39, 0.29) is 12.4 Å². The number of hydrogen-bond acceptors (Lipinski definition) is 3. The van der Waals surface area contributed by atoms with E-state index in [2.05, 4.69) is 4.74 Å². The van der Waals surface area contributed by atoms with Crippen molar-refractivity contribution in [2.24, 2.45) is 0 Å². The normalized spacial score (nSPS) is 11.2. The Bertz CT molecular complexity index is 868. The van der Waals surface area contributed by atoms with Gasteiger partial charge in [-0.05, 0) is 56.2 Å². The minimum atomic E-state index is -2.87. The number of halogens is 2. The number of aryl methyl sites for hydroxylation is 2. The summed E-state index contributed by atoms with van der Waals surface area (Å²) in [5, 5.41) is 0.713. The van der Waals surface area contributed by atoms with Gasteiger partial charge in [0, 0.05) is 10.9 Å². The molecule has 0 saturated heterocycles. The lowest BCUT2D eigenvalue weighted by Gasteiger charge is -2.12. The number of benzene rings is 2. The van der Waals surface area contributed by atoms with Crippen LogP contribution in [0.25, 0.3) is 11.0 Å². The Morgan fingerprint density at radius 2 is 1.88 bits per heavy atom. The summed E-state index contributed by atoms with van der Waals surface area (Å²) in [4.78, 5) is 0. The first-order valence-electron chi connectivity index (χ1n) is 7.61. The molecule has 3 aromatic rings. The fourth-order valence-electron chi connectivity index (χ4n) is 2.64. The van der Waals surface area contributed by atoms with E-state index in [0.717, 1.165) is 16.9 Å². The summed E-state index contributed by atoms with van der Waals surface area (Å²) in [5.74, 6) is 1.55. The van der Waals surface area contributed by atoms with E-state index in [9.17, 15) is 8.78 Å². The second-order valence-electron chi connectivity index (χ2n) is 5.72. The largest absolute Gasteiger partial charge is 0.488 e. The van der Waals surface area contributed by atoms with Gasteiger partial charge in [-0.15, -0.1) is 0 Å². The molecule has 0 N–H and O–H groups in total. The molecular formula is C19H18F2O3. The number of hydrogen-bond donors (Lipinski definition) is 0. The SMILES string of the molecule is Cc1cc2cc(OC(F)F)cc(COc3cccc(C)c3C)c2o1. The highest BCUT2D eigenvalue weighted by molar-refractivity contribution is 5.83. The Kier molecular flexibility index (Phi) is 4.42. The third-order valence-electron chi connectivity index (χ3n) is 3.95. The fourth-order valence-corrected chi connectivity index (χ4v) is 2.64. The molecule has 0 amide bonds. The van der Waals surface area contributed by atoms with Crippen LogP contribution in [0.2, 0.25) is 0 Å². The number of ether oxygens (including phenoxy) is 2. The first-order valence-corrected chi connectivity index (χ1v) is 7.61. The van der Waals surface area contributed by atoms with E-state index in [0.29, 0.717) is 22.3 Å². The molecule has 0 aliphatic heterocycles. The summed E-state index contributed by atoms with van der Waals surface area (Å²) in [7, 11) is 0. The van der Waals surface area contributed by atoms with Crippen molar-refractivity contribution in [3.05, 3.63) is 58.8 Å². The second-order valence-corrected chi connectivity index (χ2v) is 5.72. The minimum Gasteiger partial charge on any atom is -0.488 e. The molecule has 1 heterocycles. The molecule has 2 aromatic carbocycles. The molecule has 1 aromatic heterocycles. The molecule has 0 spiro atoms. The summed E-state index contributed by atoms with van der Waals surface area (Å²) in [6.07, 6.45) is 0. The molecule has 0 saturated carbocycles. The summed E-state index contributed by atoms with van der Waals surface area (Å²) < 4.78 is 41.2. The number of rotatable bonds is 5. The van der Waals surface area contributed by atoms with Gasteiger partial charge in [0.25, 0.3) is 0 Å². The van der Waals surface area contributed by atoms with Crippen LogP contribution in [0.4, 0.5) is 8.78 Å². The van der Waals surface area contributed by atoms with E-state index in [1.165, 1.54) is 6.07 Å². The Hall–Kier alpha value is -2.56. The lowest BCUT2D eigenvalue weighted by atomic mass is 10.1. The molecule has 5 heteroatoms. The first-order chi connectivity index (χ1) is 11.4. The van der Waals surface area contributed by atoms with Crippen LogP contribution < -0.4 is 9.47 Å². The summed E-state index contributed by atoms with van der Waals surface area (Å²) in [6.45, 7) is 3.13. The molecule has 0 aliphatic carbocycles. The smallest absolute Gasteiger partial charge is 0.387 e. The van der Waals surface area contributed by atoms with Crippen molar-refractivity contribution in [3.8, 4) is 11.5 Å². The van der Waals surface area contributed by atoms with E-state index >= 15 is 0 Å². The van der Waals surface area contributed by atoms with Gasteiger partial charge < -0.3 is 13.9 Å².